The van der Waals surface area contributed by atoms with Gasteiger partial charge in [-0.25, -0.2) is 0 Å². The molecule has 0 bridgehead atoms. The van der Waals surface area contributed by atoms with E-state index in [0.29, 0.717) is 6.04 Å². The Labute approximate surface area is 103 Å². The van der Waals surface area contributed by atoms with Gasteiger partial charge in [-0.15, -0.1) is 0 Å². The Kier molecular flexibility index (Phi) is 7.47. The topological polar surface area (TPSA) is 21.3 Å². The molecule has 0 aliphatic rings. The van der Waals surface area contributed by atoms with Gasteiger partial charge in [-0.1, -0.05) is 6.92 Å². The minimum absolute atomic E-state index is 0.506. The summed E-state index contributed by atoms with van der Waals surface area (Å²) in [5.74, 6) is 0. The third-order valence-corrected chi connectivity index (χ3v) is 3.27. The Morgan fingerprint density at radius 3 is 2.94 bits per heavy atom. The van der Waals surface area contributed by atoms with Gasteiger partial charge in [-0.2, -0.15) is 11.3 Å². The van der Waals surface area contributed by atoms with Gasteiger partial charge in [-0.05, 0) is 55.1 Å². The van der Waals surface area contributed by atoms with Gasteiger partial charge in [0.15, 0.2) is 0 Å². The smallest absolute Gasteiger partial charge is 0.0466 e. The van der Waals surface area contributed by atoms with E-state index in [4.69, 9.17) is 4.74 Å². The van der Waals surface area contributed by atoms with E-state index >= 15 is 0 Å². The van der Waals surface area contributed by atoms with Crippen LogP contribution in [0.15, 0.2) is 16.8 Å². The van der Waals surface area contributed by atoms with Crippen LogP contribution in [0.25, 0.3) is 0 Å². The van der Waals surface area contributed by atoms with Crippen LogP contribution in [-0.4, -0.2) is 19.8 Å². The summed E-state index contributed by atoms with van der Waals surface area (Å²) in [5, 5.41) is 8.00. The van der Waals surface area contributed by atoms with Gasteiger partial charge >= 0.3 is 0 Å². The zero-order valence-corrected chi connectivity index (χ0v) is 11.2. The molecule has 1 N–H and O–H groups in total. The molecule has 92 valence electrons. The maximum absolute atomic E-state index is 5.38. The number of thiophene rings is 1. The molecule has 1 heterocycles. The second kappa shape index (κ2) is 8.74. The maximum atomic E-state index is 5.38. The van der Waals surface area contributed by atoms with E-state index in [2.05, 4.69) is 29.1 Å². The van der Waals surface area contributed by atoms with Crippen molar-refractivity contribution in [1.29, 1.82) is 0 Å². The summed E-state index contributed by atoms with van der Waals surface area (Å²) in [6.07, 6.45) is 3.48. The molecule has 0 amide bonds. The molecule has 0 saturated carbocycles. The molecule has 2 nitrogen and oxygen atoms in total. The minimum Gasteiger partial charge on any atom is -0.382 e. The predicted octanol–water partition coefficient (Wildman–Crippen LogP) is 3.61. The zero-order chi connectivity index (χ0) is 11.6. The van der Waals surface area contributed by atoms with Gasteiger partial charge in [0.1, 0.15) is 0 Å². The molecule has 1 aromatic heterocycles. The predicted molar refractivity (Wildman–Crippen MR) is 71.1 cm³/mol. The van der Waals surface area contributed by atoms with Crippen molar-refractivity contribution in [2.75, 3.05) is 19.8 Å². The number of hydrogen-bond donors (Lipinski definition) is 1. The van der Waals surface area contributed by atoms with Gasteiger partial charge < -0.3 is 10.1 Å². The summed E-state index contributed by atoms with van der Waals surface area (Å²) in [4.78, 5) is 0. The molecule has 0 aliphatic carbocycles. The van der Waals surface area contributed by atoms with E-state index in [1.54, 1.807) is 11.3 Å². The van der Waals surface area contributed by atoms with Gasteiger partial charge in [0, 0.05) is 19.3 Å². The Bertz CT molecular complexity index is 248. The first-order valence-corrected chi connectivity index (χ1v) is 7.16. The fourth-order valence-corrected chi connectivity index (χ4v) is 2.43. The van der Waals surface area contributed by atoms with Crippen LogP contribution in [0.1, 0.15) is 44.7 Å². The lowest BCUT2D eigenvalue weighted by molar-refractivity contribution is 0.141. The third-order valence-electron chi connectivity index (χ3n) is 2.57. The van der Waals surface area contributed by atoms with Crippen LogP contribution in [0.5, 0.6) is 0 Å². The molecule has 1 atom stereocenters. The first-order valence-electron chi connectivity index (χ1n) is 6.21. The number of ether oxygens (including phenoxy) is 1. The van der Waals surface area contributed by atoms with Crippen LogP contribution in [0, 0.1) is 0 Å². The molecule has 0 fully saturated rings. The van der Waals surface area contributed by atoms with Crippen molar-refractivity contribution in [1.82, 2.24) is 5.32 Å². The van der Waals surface area contributed by atoms with Crippen LogP contribution in [0.3, 0.4) is 0 Å². The summed E-state index contributed by atoms with van der Waals surface area (Å²) in [5.41, 5.74) is 1.43. The minimum atomic E-state index is 0.506. The lowest BCUT2D eigenvalue weighted by atomic mass is 10.1. The normalized spacial score (nSPS) is 12.9. The van der Waals surface area contributed by atoms with E-state index in [0.717, 1.165) is 32.6 Å². The molecule has 1 unspecified atom stereocenters. The van der Waals surface area contributed by atoms with E-state index in [1.807, 2.05) is 6.92 Å². The van der Waals surface area contributed by atoms with Gasteiger partial charge in [0.05, 0.1) is 0 Å². The van der Waals surface area contributed by atoms with E-state index in [-0.39, 0.29) is 0 Å². The van der Waals surface area contributed by atoms with E-state index < -0.39 is 0 Å². The van der Waals surface area contributed by atoms with Crippen LogP contribution < -0.4 is 5.32 Å². The molecule has 0 radical (unpaired) electrons. The summed E-state index contributed by atoms with van der Waals surface area (Å²) >= 11 is 1.77. The highest BCUT2D eigenvalue weighted by molar-refractivity contribution is 7.07. The fourth-order valence-electron chi connectivity index (χ4n) is 1.71. The largest absolute Gasteiger partial charge is 0.382 e. The zero-order valence-electron chi connectivity index (χ0n) is 10.4. The molecule has 3 heteroatoms. The fraction of sp³-hybridized carbons (Fsp3) is 0.692. The third kappa shape index (κ3) is 5.10. The second-order valence-corrected chi connectivity index (χ2v) is 4.68. The summed E-state index contributed by atoms with van der Waals surface area (Å²) in [6.45, 7) is 7.05. The average molecular weight is 241 g/mol. The summed E-state index contributed by atoms with van der Waals surface area (Å²) < 4.78 is 5.38. The van der Waals surface area contributed by atoms with Crippen molar-refractivity contribution >= 4 is 11.3 Å². The second-order valence-electron chi connectivity index (χ2n) is 3.90. The van der Waals surface area contributed by atoms with Crippen molar-refractivity contribution in [3.63, 3.8) is 0 Å². The number of rotatable bonds is 9. The van der Waals surface area contributed by atoms with E-state index in [1.165, 1.54) is 12.0 Å². The van der Waals surface area contributed by atoms with Crippen LogP contribution in [0.2, 0.25) is 0 Å². The molecule has 1 rings (SSSR count). The molecule has 0 aromatic carbocycles. The molecule has 16 heavy (non-hydrogen) atoms. The number of nitrogens with one attached hydrogen (secondary N) is 1. The highest BCUT2D eigenvalue weighted by atomic mass is 32.1. The van der Waals surface area contributed by atoms with Crippen LogP contribution >= 0.6 is 11.3 Å². The summed E-state index contributed by atoms with van der Waals surface area (Å²) in [7, 11) is 0. The highest BCUT2D eigenvalue weighted by Crippen LogP contribution is 2.21. The number of hydrogen-bond acceptors (Lipinski definition) is 3. The monoisotopic (exact) mass is 241 g/mol. The Morgan fingerprint density at radius 2 is 2.31 bits per heavy atom. The molecular weight excluding hydrogens is 218 g/mol. The van der Waals surface area contributed by atoms with Crippen molar-refractivity contribution in [2.45, 2.75) is 39.2 Å². The first kappa shape index (κ1) is 13.7. The molecule has 0 aliphatic heterocycles. The molecule has 0 spiro atoms. The van der Waals surface area contributed by atoms with Gasteiger partial charge in [0.2, 0.25) is 0 Å². The lowest BCUT2D eigenvalue weighted by Gasteiger charge is -2.17. The molecule has 1 aromatic rings. The maximum Gasteiger partial charge on any atom is 0.0466 e. The van der Waals surface area contributed by atoms with E-state index in [9.17, 15) is 0 Å². The first-order chi connectivity index (χ1) is 7.88. The Hall–Kier alpha value is -0.380. The van der Waals surface area contributed by atoms with Crippen molar-refractivity contribution in [2.24, 2.45) is 0 Å². The average Bonchev–Trinajstić information content (AvgIpc) is 2.82. The SMILES string of the molecule is CCCNC(CCCOCC)c1ccsc1. The van der Waals surface area contributed by atoms with Crippen molar-refractivity contribution in [3.05, 3.63) is 22.4 Å². The Morgan fingerprint density at radius 1 is 1.44 bits per heavy atom. The molecule has 0 saturated heterocycles. The standard InChI is InChI=1S/C13H23NOS/c1-3-8-14-13(6-5-9-15-4-2)12-7-10-16-11-12/h7,10-11,13-14H,3-6,8-9H2,1-2H3. The van der Waals surface area contributed by atoms with Crippen LogP contribution in [-0.2, 0) is 4.74 Å². The highest BCUT2D eigenvalue weighted by Gasteiger charge is 2.10. The lowest BCUT2D eigenvalue weighted by Crippen LogP contribution is -2.22. The summed E-state index contributed by atoms with van der Waals surface area (Å²) in [6, 6.07) is 2.73. The van der Waals surface area contributed by atoms with Crippen molar-refractivity contribution in [3.8, 4) is 0 Å². The van der Waals surface area contributed by atoms with Crippen LogP contribution in [0.4, 0.5) is 0 Å². The van der Waals surface area contributed by atoms with Gasteiger partial charge in [0.25, 0.3) is 0 Å². The Balaban J connectivity index is 2.32. The molecular formula is C13H23NOS. The van der Waals surface area contributed by atoms with Crippen molar-refractivity contribution < 1.29 is 4.74 Å². The van der Waals surface area contributed by atoms with Gasteiger partial charge in [-0.3, -0.25) is 0 Å². The quantitative estimate of drug-likeness (QED) is 0.667.